The Labute approximate surface area is 153 Å². The molecule has 0 N–H and O–H groups in total. The van der Waals surface area contributed by atoms with Gasteiger partial charge in [-0.1, -0.05) is 41.9 Å². The fourth-order valence-electron chi connectivity index (χ4n) is 2.86. The minimum Gasteiger partial charge on any atom is -0.335 e. The van der Waals surface area contributed by atoms with Crippen LogP contribution in [0.3, 0.4) is 0 Å². The number of sulfone groups is 1. The lowest BCUT2D eigenvalue weighted by Gasteiger charge is -2.28. The number of carbonyl (C=O) groups excluding carboxylic acids is 1. The fraction of sp³-hybridized carbons (Fsp3) is 0.500. The second kappa shape index (κ2) is 7.83. The zero-order valence-electron chi connectivity index (χ0n) is 14.3. The van der Waals surface area contributed by atoms with E-state index < -0.39 is 9.84 Å². The van der Waals surface area contributed by atoms with Gasteiger partial charge >= 0.3 is 0 Å². The van der Waals surface area contributed by atoms with Gasteiger partial charge in [-0.15, -0.1) is 0 Å². The molecule has 1 unspecified atom stereocenters. The lowest BCUT2D eigenvalue weighted by atomic mass is 10.1. The van der Waals surface area contributed by atoms with Crippen molar-refractivity contribution in [3.63, 3.8) is 0 Å². The number of amides is 1. The Hall–Kier alpha value is -1.14. The number of halogens is 1. The number of nitrogens with zero attached hydrogens (tertiary/aromatic N) is 1. The Kier molecular flexibility index (Phi) is 6.26. The smallest absolute Gasteiger partial charge is 0.246 e. The van der Waals surface area contributed by atoms with Crippen LogP contribution in [0.25, 0.3) is 6.08 Å². The number of hydrogen-bond donors (Lipinski definition) is 0. The molecule has 1 fully saturated rings. The van der Waals surface area contributed by atoms with E-state index in [1.54, 1.807) is 17.1 Å². The van der Waals surface area contributed by atoms with Gasteiger partial charge in [0.1, 0.15) is 0 Å². The Balaban J connectivity index is 2.17. The molecule has 0 bridgehead atoms. The molecular formula is C18H24BrNO3S. The summed E-state index contributed by atoms with van der Waals surface area (Å²) in [5, 5.41) is 0. The molecule has 24 heavy (non-hydrogen) atoms. The largest absolute Gasteiger partial charge is 0.335 e. The molecule has 0 spiro atoms. The highest BCUT2D eigenvalue weighted by Crippen LogP contribution is 2.22. The lowest BCUT2D eigenvalue weighted by molar-refractivity contribution is -0.128. The van der Waals surface area contributed by atoms with E-state index in [4.69, 9.17) is 0 Å². The number of aryl methyl sites for hydroxylation is 1. The Morgan fingerprint density at radius 2 is 2.12 bits per heavy atom. The molecule has 4 nitrogen and oxygen atoms in total. The maximum Gasteiger partial charge on any atom is 0.246 e. The first-order chi connectivity index (χ1) is 11.2. The van der Waals surface area contributed by atoms with Crippen LogP contribution in [-0.2, 0) is 14.6 Å². The minimum atomic E-state index is -3.01. The third-order valence-electron chi connectivity index (χ3n) is 4.06. The van der Waals surface area contributed by atoms with Crippen LogP contribution in [0.2, 0.25) is 0 Å². The monoisotopic (exact) mass is 413 g/mol. The van der Waals surface area contributed by atoms with Crippen LogP contribution in [0.4, 0.5) is 0 Å². The molecule has 132 valence electrons. The normalized spacial score (nSPS) is 20.0. The molecule has 0 aromatic heterocycles. The number of rotatable bonds is 5. The molecule has 6 heteroatoms. The molecular weight excluding hydrogens is 390 g/mol. The molecule has 1 atom stereocenters. The molecule has 1 heterocycles. The van der Waals surface area contributed by atoms with Crippen LogP contribution in [0, 0.1) is 12.8 Å². The topological polar surface area (TPSA) is 54.5 Å². The summed E-state index contributed by atoms with van der Waals surface area (Å²) in [6.07, 6.45) is 3.86. The fourth-order valence-corrected chi connectivity index (χ4v) is 5.21. The van der Waals surface area contributed by atoms with Crippen molar-refractivity contribution in [2.24, 2.45) is 5.92 Å². The maximum absolute atomic E-state index is 12.7. The van der Waals surface area contributed by atoms with Crippen LogP contribution < -0.4 is 0 Å². The Morgan fingerprint density at radius 1 is 1.42 bits per heavy atom. The zero-order chi connectivity index (χ0) is 17.9. The van der Waals surface area contributed by atoms with Crippen molar-refractivity contribution in [2.45, 2.75) is 33.2 Å². The van der Waals surface area contributed by atoms with Crippen LogP contribution in [-0.4, -0.2) is 43.3 Å². The maximum atomic E-state index is 12.7. The Morgan fingerprint density at radius 3 is 2.67 bits per heavy atom. The third-order valence-corrected chi connectivity index (χ3v) is 6.49. The Bertz CT molecular complexity index is 741. The summed E-state index contributed by atoms with van der Waals surface area (Å²) >= 11 is 3.50. The highest BCUT2D eigenvalue weighted by atomic mass is 79.9. The van der Waals surface area contributed by atoms with Crippen molar-refractivity contribution in [3.05, 3.63) is 39.9 Å². The van der Waals surface area contributed by atoms with Crippen LogP contribution in [0.1, 0.15) is 31.4 Å². The van der Waals surface area contributed by atoms with Gasteiger partial charge in [0.25, 0.3) is 0 Å². The van der Waals surface area contributed by atoms with E-state index in [-0.39, 0.29) is 29.4 Å². The number of benzene rings is 1. The summed E-state index contributed by atoms with van der Waals surface area (Å²) in [5.74, 6) is 0.412. The average molecular weight is 414 g/mol. The van der Waals surface area contributed by atoms with Crippen molar-refractivity contribution in [1.29, 1.82) is 0 Å². The molecule has 0 saturated carbocycles. The van der Waals surface area contributed by atoms with Crippen molar-refractivity contribution in [1.82, 2.24) is 4.90 Å². The molecule has 1 aliphatic heterocycles. The summed E-state index contributed by atoms with van der Waals surface area (Å²) in [7, 11) is -3.01. The van der Waals surface area contributed by atoms with E-state index in [1.807, 2.05) is 39.0 Å². The minimum absolute atomic E-state index is 0.0769. The van der Waals surface area contributed by atoms with E-state index in [1.165, 1.54) is 0 Å². The summed E-state index contributed by atoms with van der Waals surface area (Å²) in [6, 6.07) is 5.73. The van der Waals surface area contributed by atoms with E-state index in [0.717, 1.165) is 15.6 Å². The van der Waals surface area contributed by atoms with Crippen LogP contribution in [0.15, 0.2) is 28.7 Å². The first-order valence-corrected chi connectivity index (χ1v) is 10.7. The van der Waals surface area contributed by atoms with Gasteiger partial charge in [0.05, 0.1) is 11.5 Å². The van der Waals surface area contributed by atoms with Gasteiger partial charge < -0.3 is 4.90 Å². The quantitative estimate of drug-likeness (QED) is 0.694. The van der Waals surface area contributed by atoms with E-state index in [2.05, 4.69) is 15.9 Å². The highest BCUT2D eigenvalue weighted by molar-refractivity contribution is 9.10. The predicted octanol–water partition coefficient (Wildman–Crippen LogP) is 3.44. The SMILES string of the molecule is Cc1ccc(C=CC(=O)N(CC(C)C)C2CCS(=O)(=O)C2)c(Br)c1. The molecule has 2 rings (SSSR count). The van der Waals surface area contributed by atoms with Gasteiger partial charge in [0.15, 0.2) is 9.84 Å². The molecule has 1 amide bonds. The zero-order valence-corrected chi connectivity index (χ0v) is 16.7. The number of carbonyl (C=O) groups is 1. The second-order valence-electron chi connectivity index (χ2n) is 6.80. The van der Waals surface area contributed by atoms with Gasteiger partial charge in [-0.05, 0) is 42.5 Å². The standard InChI is InChI=1S/C18H24BrNO3S/c1-13(2)11-20(16-8-9-24(22,23)12-16)18(21)7-6-15-5-4-14(3)10-17(15)19/h4-7,10,13,16H,8-9,11-12H2,1-3H3. The number of hydrogen-bond acceptors (Lipinski definition) is 3. The van der Waals surface area contributed by atoms with E-state index in [0.29, 0.717) is 13.0 Å². The highest BCUT2D eigenvalue weighted by Gasteiger charge is 2.34. The van der Waals surface area contributed by atoms with Crippen LogP contribution in [0.5, 0.6) is 0 Å². The predicted molar refractivity (Wildman–Crippen MR) is 102 cm³/mol. The van der Waals surface area contributed by atoms with Crippen LogP contribution >= 0.6 is 15.9 Å². The first-order valence-electron chi connectivity index (χ1n) is 8.13. The van der Waals surface area contributed by atoms with Gasteiger partial charge in [-0.3, -0.25) is 4.79 Å². The molecule has 1 aliphatic rings. The summed E-state index contributed by atoms with van der Waals surface area (Å²) in [6.45, 7) is 6.64. The van der Waals surface area contributed by atoms with Crippen molar-refractivity contribution < 1.29 is 13.2 Å². The van der Waals surface area contributed by atoms with Gasteiger partial charge in [0.2, 0.25) is 5.91 Å². The average Bonchev–Trinajstić information content (AvgIpc) is 2.83. The van der Waals surface area contributed by atoms with Crippen molar-refractivity contribution in [2.75, 3.05) is 18.1 Å². The molecule has 1 aromatic rings. The van der Waals surface area contributed by atoms with E-state index in [9.17, 15) is 13.2 Å². The second-order valence-corrected chi connectivity index (χ2v) is 9.88. The summed E-state index contributed by atoms with van der Waals surface area (Å²) < 4.78 is 24.4. The third kappa shape index (κ3) is 5.18. The molecule has 1 saturated heterocycles. The van der Waals surface area contributed by atoms with Gasteiger partial charge in [-0.2, -0.15) is 0 Å². The molecule has 1 aromatic carbocycles. The summed E-state index contributed by atoms with van der Waals surface area (Å²) in [5.41, 5.74) is 2.07. The summed E-state index contributed by atoms with van der Waals surface area (Å²) in [4.78, 5) is 14.4. The van der Waals surface area contributed by atoms with Crippen molar-refractivity contribution >= 4 is 37.8 Å². The van der Waals surface area contributed by atoms with E-state index >= 15 is 0 Å². The van der Waals surface area contributed by atoms with Gasteiger partial charge in [-0.25, -0.2) is 8.42 Å². The van der Waals surface area contributed by atoms with Crippen molar-refractivity contribution in [3.8, 4) is 0 Å². The van der Waals surface area contributed by atoms with Gasteiger partial charge in [0, 0.05) is 23.1 Å². The lowest BCUT2D eigenvalue weighted by Crippen LogP contribution is -2.42. The molecule has 0 aliphatic carbocycles. The first kappa shape index (κ1) is 19.2. The molecule has 0 radical (unpaired) electrons.